The largest absolute Gasteiger partial charge is 0.379 e. The first-order valence-electron chi connectivity index (χ1n) is 7.84. The molecule has 2 rings (SSSR count). The van der Waals surface area contributed by atoms with E-state index in [9.17, 15) is 0 Å². The van der Waals surface area contributed by atoms with Crippen LogP contribution in [0.1, 0.15) is 46.0 Å². The zero-order valence-corrected chi connectivity index (χ0v) is 12.2. The number of hydrogen-bond donors (Lipinski definition) is 1. The monoisotopic (exact) mass is 254 g/mol. The van der Waals surface area contributed by atoms with Crippen molar-refractivity contribution in [1.82, 2.24) is 10.2 Å². The van der Waals surface area contributed by atoms with Gasteiger partial charge in [-0.25, -0.2) is 0 Å². The lowest BCUT2D eigenvalue weighted by Crippen LogP contribution is -2.48. The zero-order chi connectivity index (χ0) is 12.8. The van der Waals surface area contributed by atoms with Gasteiger partial charge in [-0.3, -0.25) is 4.90 Å². The van der Waals surface area contributed by atoms with E-state index in [-0.39, 0.29) is 0 Å². The second kappa shape index (κ2) is 7.46. The fourth-order valence-corrected chi connectivity index (χ4v) is 3.44. The van der Waals surface area contributed by atoms with Crippen molar-refractivity contribution >= 4 is 0 Å². The van der Waals surface area contributed by atoms with E-state index in [1.54, 1.807) is 0 Å². The normalized spacial score (nSPS) is 32.3. The van der Waals surface area contributed by atoms with Crippen molar-refractivity contribution in [2.45, 2.75) is 58.0 Å². The first kappa shape index (κ1) is 14.3. The number of nitrogens with one attached hydrogen (secondary N) is 1. The smallest absolute Gasteiger partial charge is 0.0594 e. The van der Waals surface area contributed by atoms with Crippen LogP contribution in [0.15, 0.2) is 0 Å². The number of hydrogen-bond acceptors (Lipinski definition) is 3. The number of rotatable bonds is 5. The van der Waals surface area contributed by atoms with Crippen molar-refractivity contribution in [3.8, 4) is 0 Å². The molecule has 1 heterocycles. The summed E-state index contributed by atoms with van der Waals surface area (Å²) in [4.78, 5) is 2.53. The third-order valence-corrected chi connectivity index (χ3v) is 4.52. The van der Waals surface area contributed by atoms with Gasteiger partial charge >= 0.3 is 0 Å². The quantitative estimate of drug-likeness (QED) is 0.814. The highest BCUT2D eigenvalue weighted by molar-refractivity contribution is 4.81. The molecule has 0 aromatic rings. The number of nitrogens with zero attached hydrogens (tertiary/aromatic N) is 1. The Balaban J connectivity index is 1.67. The summed E-state index contributed by atoms with van der Waals surface area (Å²) < 4.78 is 5.40. The molecule has 2 fully saturated rings. The lowest BCUT2D eigenvalue weighted by Gasteiger charge is -2.34. The third kappa shape index (κ3) is 4.52. The Labute approximate surface area is 112 Å². The zero-order valence-electron chi connectivity index (χ0n) is 12.2. The third-order valence-electron chi connectivity index (χ3n) is 4.52. The van der Waals surface area contributed by atoms with Gasteiger partial charge in [0, 0.05) is 31.7 Å². The molecule has 0 aromatic carbocycles. The van der Waals surface area contributed by atoms with E-state index in [1.165, 1.54) is 38.6 Å². The van der Waals surface area contributed by atoms with Crippen molar-refractivity contribution in [3.63, 3.8) is 0 Å². The summed E-state index contributed by atoms with van der Waals surface area (Å²) in [5.41, 5.74) is 0. The topological polar surface area (TPSA) is 24.5 Å². The van der Waals surface area contributed by atoms with Crippen LogP contribution in [0, 0.1) is 5.92 Å². The molecule has 0 aromatic heterocycles. The van der Waals surface area contributed by atoms with Gasteiger partial charge in [-0.15, -0.1) is 0 Å². The molecular weight excluding hydrogens is 224 g/mol. The van der Waals surface area contributed by atoms with Crippen LogP contribution in [0.25, 0.3) is 0 Å². The molecule has 3 atom stereocenters. The second-order valence-corrected chi connectivity index (χ2v) is 6.12. The molecular formula is C15H30N2O. The minimum absolute atomic E-state index is 0.615. The molecule has 1 N–H and O–H groups in total. The van der Waals surface area contributed by atoms with Gasteiger partial charge in [0.05, 0.1) is 13.2 Å². The van der Waals surface area contributed by atoms with E-state index in [1.807, 2.05) is 0 Å². The number of ether oxygens (including phenoxy) is 1. The average Bonchev–Trinajstić information content (AvgIpc) is 2.40. The Morgan fingerprint density at radius 1 is 1.28 bits per heavy atom. The van der Waals surface area contributed by atoms with Gasteiger partial charge in [0.15, 0.2) is 0 Å². The van der Waals surface area contributed by atoms with Gasteiger partial charge in [-0.2, -0.15) is 0 Å². The second-order valence-electron chi connectivity index (χ2n) is 6.12. The maximum atomic E-state index is 5.40. The summed E-state index contributed by atoms with van der Waals surface area (Å²) in [5, 5.41) is 3.85. The molecule has 0 amide bonds. The molecule has 0 spiro atoms. The van der Waals surface area contributed by atoms with Crippen molar-refractivity contribution in [2.75, 3.05) is 32.8 Å². The van der Waals surface area contributed by atoms with Gasteiger partial charge in [0.2, 0.25) is 0 Å². The predicted octanol–water partition coefficient (Wildman–Crippen LogP) is 2.27. The van der Waals surface area contributed by atoms with Crippen LogP contribution in [-0.4, -0.2) is 49.8 Å². The summed E-state index contributed by atoms with van der Waals surface area (Å²) in [6.07, 6.45) is 7.00. The van der Waals surface area contributed by atoms with E-state index < -0.39 is 0 Å². The maximum Gasteiger partial charge on any atom is 0.0594 e. The fraction of sp³-hybridized carbons (Fsp3) is 1.00. The Morgan fingerprint density at radius 2 is 2.06 bits per heavy atom. The predicted molar refractivity (Wildman–Crippen MR) is 75.9 cm³/mol. The van der Waals surface area contributed by atoms with Gasteiger partial charge in [-0.1, -0.05) is 26.2 Å². The van der Waals surface area contributed by atoms with Gasteiger partial charge < -0.3 is 10.1 Å². The SMILES string of the molecule is CCC1CCCC(NC(C)CN2CCOCC2)C1. The van der Waals surface area contributed by atoms with Gasteiger partial charge in [0.1, 0.15) is 0 Å². The van der Waals surface area contributed by atoms with Crippen LogP contribution >= 0.6 is 0 Å². The molecule has 0 bridgehead atoms. The maximum absolute atomic E-state index is 5.40. The van der Waals surface area contributed by atoms with Crippen LogP contribution in [0.2, 0.25) is 0 Å². The Kier molecular flexibility index (Phi) is 5.93. The highest BCUT2D eigenvalue weighted by Gasteiger charge is 2.22. The van der Waals surface area contributed by atoms with E-state index >= 15 is 0 Å². The Morgan fingerprint density at radius 3 is 2.78 bits per heavy atom. The molecule has 2 aliphatic rings. The van der Waals surface area contributed by atoms with Crippen LogP contribution in [-0.2, 0) is 4.74 Å². The fourth-order valence-electron chi connectivity index (χ4n) is 3.44. The molecule has 3 nitrogen and oxygen atoms in total. The molecule has 18 heavy (non-hydrogen) atoms. The molecule has 1 saturated carbocycles. The van der Waals surface area contributed by atoms with Crippen LogP contribution in [0.5, 0.6) is 0 Å². The van der Waals surface area contributed by atoms with E-state index in [0.29, 0.717) is 6.04 Å². The molecule has 1 aliphatic carbocycles. The van der Waals surface area contributed by atoms with Crippen LogP contribution in [0.4, 0.5) is 0 Å². The summed E-state index contributed by atoms with van der Waals surface area (Å²) in [6, 6.07) is 1.38. The van der Waals surface area contributed by atoms with Gasteiger partial charge in [-0.05, 0) is 25.7 Å². The first-order chi connectivity index (χ1) is 8.78. The number of morpholine rings is 1. The summed E-state index contributed by atoms with van der Waals surface area (Å²) in [6.45, 7) is 9.89. The lowest BCUT2D eigenvalue weighted by molar-refractivity contribution is 0.0333. The Bertz CT molecular complexity index is 229. The molecule has 3 heteroatoms. The lowest BCUT2D eigenvalue weighted by atomic mass is 9.84. The minimum Gasteiger partial charge on any atom is -0.379 e. The van der Waals surface area contributed by atoms with Gasteiger partial charge in [0.25, 0.3) is 0 Å². The Hall–Kier alpha value is -0.120. The average molecular weight is 254 g/mol. The van der Waals surface area contributed by atoms with Crippen LogP contribution < -0.4 is 5.32 Å². The molecule has 3 unspecified atom stereocenters. The van der Waals surface area contributed by atoms with E-state index in [2.05, 4.69) is 24.1 Å². The summed E-state index contributed by atoms with van der Waals surface area (Å²) in [5.74, 6) is 0.965. The van der Waals surface area contributed by atoms with Crippen molar-refractivity contribution in [2.24, 2.45) is 5.92 Å². The molecule has 1 saturated heterocycles. The molecule has 0 radical (unpaired) electrons. The highest BCUT2D eigenvalue weighted by Crippen LogP contribution is 2.26. The van der Waals surface area contributed by atoms with E-state index in [4.69, 9.17) is 4.74 Å². The van der Waals surface area contributed by atoms with Crippen LogP contribution in [0.3, 0.4) is 0 Å². The van der Waals surface area contributed by atoms with Crippen molar-refractivity contribution in [3.05, 3.63) is 0 Å². The standard InChI is InChI=1S/C15H30N2O/c1-3-14-5-4-6-15(11-14)16-13(2)12-17-7-9-18-10-8-17/h13-16H,3-12H2,1-2H3. The highest BCUT2D eigenvalue weighted by atomic mass is 16.5. The van der Waals surface area contributed by atoms with Crippen molar-refractivity contribution < 1.29 is 4.74 Å². The van der Waals surface area contributed by atoms with Crippen molar-refractivity contribution in [1.29, 1.82) is 0 Å². The first-order valence-corrected chi connectivity index (χ1v) is 7.84. The molecule has 1 aliphatic heterocycles. The molecule has 106 valence electrons. The minimum atomic E-state index is 0.615. The summed E-state index contributed by atoms with van der Waals surface area (Å²) in [7, 11) is 0. The van der Waals surface area contributed by atoms with E-state index in [0.717, 1.165) is 38.3 Å². The summed E-state index contributed by atoms with van der Waals surface area (Å²) >= 11 is 0.